The number of hydrogen-bond donors (Lipinski definition) is 2. The number of likely N-dealkylation sites (N-methyl/N-ethyl adjacent to an activating group) is 1. The Labute approximate surface area is 138 Å². The highest BCUT2D eigenvalue weighted by Crippen LogP contribution is 2.22. The molecule has 0 unspecified atom stereocenters. The molecule has 3 rings (SSSR count). The van der Waals surface area contributed by atoms with Crippen molar-refractivity contribution < 1.29 is 9.18 Å². The van der Waals surface area contributed by atoms with Crippen LogP contribution in [0.5, 0.6) is 0 Å². The fourth-order valence-corrected chi connectivity index (χ4v) is 2.48. The standard InChI is InChI=1S/C18H17FN4O/c1-23(17(24)8-6-12-5-7-16(20)22-9-12)11-13-10-21-15-4-2-3-14(19)18(13)15/h2-10,21H,11H2,1H3,(H2,20,22)/b8-6+. The van der Waals surface area contributed by atoms with Gasteiger partial charge in [-0.25, -0.2) is 9.37 Å². The van der Waals surface area contributed by atoms with Crippen LogP contribution in [0, 0.1) is 5.82 Å². The molecule has 6 heteroatoms. The van der Waals surface area contributed by atoms with Crippen LogP contribution in [-0.4, -0.2) is 27.8 Å². The summed E-state index contributed by atoms with van der Waals surface area (Å²) in [6, 6.07) is 8.31. The van der Waals surface area contributed by atoms with Crippen molar-refractivity contribution >= 4 is 28.7 Å². The van der Waals surface area contributed by atoms with E-state index in [4.69, 9.17) is 5.73 Å². The molecule has 1 aromatic carbocycles. The van der Waals surface area contributed by atoms with Crippen LogP contribution in [0.25, 0.3) is 17.0 Å². The number of halogens is 1. The Kier molecular flexibility index (Phi) is 4.29. The second-order valence-electron chi connectivity index (χ2n) is 5.52. The third kappa shape index (κ3) is 3.27. The summed E-state index contributed by atoms with van der Waals surface area (Å²) >= 11 is 0. The molecule has 0 saturated heterocycles. The maximum Gasteiger partial charge on any atom is 0.246 e. The van der Waals surface area contributed by atoms with Gasteiger partial charge in [-0.1, -0.05) is 6.07 Å². The Balaban J connectivity index is 1.72. The number of nitrogens with one attached hydrogen (secondary N) is 1. The average Bonchev–Trinajstić information content (AvgIpc) is 2.98. The Morgan fingerprint density at radius 1 is 1.38 bits per heavy atom. The Morgan fingerprint density at radius 3 is 2.96 bits per heavy atom. The number of pyridine rings is 1. The molecule has 24 heavy (non-hydrogen) atoms. The normalized spacial score (nSPS) is 11.2. The van der Waals surface area contributed by atoms with Gasteiger partial charge in [0, 0.05) is 43.0 Å². The number of hydrogen-bond acceptors (Lipinski definition) is 3. The molecule has 0 bridgehead atoms. The van der Waals surface area contributed by atoms with E-state index < -0.39 is 0 Å². The number of carbonyl (C=O) groups excluding carboxylic acids is 1. The lowest BCUT2D eigenvalue weighted by atomic mass is 10.1. The van der Waals surface area contributed by atoms with Gasteiger partial charge in [-0.3, -0.25) is 4.79 Å². The predicted molar refractivity (Wildman–Crippen MR) is 92.4 cm³/mol. The molecule has 3 N–H and O–H groups in total. The van der Waals surface area contributed by atoms with Crippen LogP contribution in [0.2, 0.25) is 0 Å². The highest BCUT2D eigenvalue weighted by atomic mass is 19.1. The molecule has 2 aromatic heterocycles. The van der Waals surface area contributed by atoms with Gasteiger partial charge in [0.05, 0.1) is 0 Å². The molecule has 0 aliphatic carbocycles. The van der Waals surface area contributed by atoms with Gasteiger partial charge in [-0.05, 0) is 41.5 Å². The van der Waals surface area contributed by atoms with Crippen LogP contribution >= 0.6 is 0 Å². The van der Waals surface area contributed by atoms with Crippen molar-refractivity contribution in [3.05, 3.63) is 65.7 Å². The van der Waals surface area contributed by atoms with Crippen molar-refractivity contribution in [2.24, 2.45) is 0 Å². The lowest BCUT2D eigenvalue weighted by Gasteiger charge is -2.14. The number of rotatable bonds is 4. The zero-order valence-electron chi connectivity index (χ0n) is 13.2. The summed E-state index contributed by atoms with van der Waals surface area (Å²) in [7, 11) is 1.67. The Morgan fingerprint density at radius 2 is 2.21 bits per heavy atom. The topological polar surface area (TPSA) is 75.0 Å². The molecule has 0 saturated carbocycles. The van der Waals surface area contributed by atoms with E-state index in [9.17, 15) is 9.18 Å². The molecular formula is C18H17FN4O. The summed E-state index contributed by atoms with van der Waals surface area (Å²) in [5.41, 5.74) is 7.76. The van der Waals surface area contributed by atoms with Crippen molar-refractivity contribution in [3.63, 3.8) is 0 Å². The number of H-pyrrole nitrogens is 1. The second-order valence-corrected chi connectivity index (χ2v) is 5.52. The number of nitrogens with zero attached hydrogens (tertiary/aromatic N) is 2. The quantitative estimate of drug-likeness (QED) is 0.725. The first kappa shape index (κ1) is 15.7. The molecule has 0 atom stereocenters. The molecule has 0 radical (unpaired) electrons. The van der Waals surface area contributed by atoms with Crippen LogP contribution in [0.15, 0.2) is 48.8 Å². The first-order valence-electron chi connectivity index (χ1n) is 7.44. The van der Waals surface area contributed by atoms with E-state index in [2.05, 4.69) is 9.97 Å². The lowest BCUT2D eigenvalue weighted by molar-refractivity contribution is -0.125. The lowest BCUT2D eigenvalue weighted by Crippen LogP contribution is -2.24. The highest BCUT2D eigenvalue weighted by Gasteiger charge is 2.12. The highest BCUT2D eigenvalue weighted by molar-refractivity contribution is 5.92. The largest absolute Gasteiger partial charge is 0.384 e. The van der Waals surface area contributed by atoms with Crippen LogP contribution < -0.4 is 5.73 Å². The van der Waals surface area contributed by atoms with E-state index in [1.54, 1.807) is 49.8 Å². The van der Waals surface area contributed by atoms with Crippen molar-refractivity contribution in [2.75, 3.05) is 12.8 Å². The predicted octanol–water partition coefficient (Wildman–Crippen LogP) is 2.96. The van der Waals surface area contributed by atoms with Crippen molar-refractivity contribution in [1.29, 1.82) is 0 Å². The number of amides is 1. The first-order valence-corrected chi connectivity index (χ1v) is 7.44. The van der Waals surface area contributed by atoms with E-state index in [1.807, 2.05) is 0 Å². The van der Waals surface area contributed by atoms with Gasteiger partial charge in [0.25, 0.3) is 0 Å². The molecule has 0 spiro atoms. The zero-order chi connectivity index (χ0) is 17.1. The van der Waals surface area contributed by atoms with E-state index in [-0.39, 0.29) is 11.7 Å². The smallest absolute Gasteiger partial charge is 0.246 e. The van der Waals surface area contributed by atoms with Gasteiger partial charge >= 0.3 is 0 Å². The van der Waals surface area contributed by atoms with Gasteiger partial charge in [0.1, 0.15) is 11.6 Å². The molecule has 1 amide bonds. The van der Waals surface area contributed by atoms with E-state index in [0.29, 0.717) is 23.3 Å². The summed E-state index contributed by atoms with van der Waals surface area (Å²) in [5.74, 6) is -0.0532. The first-order chi connectivity index (χ1) is 11.5. The third-order valence-electron chi connectivity index (χ3n) is 3.75. The van der Waals surface area contributed by atoms with Crippen LogP contribution in [0.4, 0.5) is 10.2 Å². The number of anilines is 1. The van der Waals surface area contributed by atoms with Gasteiger partial charge in [0.2, 0.25) is 5.91 Å². The summed E-state index contributed by atoms with van der Waals surface area (Å²) in [5, 5.41) is 0.517. The SMILES string of the molecule is CN(Cc1c[nH]c2cccc(F)c12)C(=O)/C=C/c1ccc(N)nc1. The summed E-state index contributed by atoms with van der Waals surface area (Å²) in [4.78, 5) is 20.7. The summed E-state index contributed by atoms with van der Waals surface area (Å²) < 4.78 is 14.0. The minimum Gasteiger partial charge on any atom is -0.384 e. The molecule has 2 heterocycles. The minimum atomic E-state index is -0.298. The molecule has 0 aliphatic rings. The summed E-state index contributed by atoms with van der Waals surface area (Å²) in [6.45, 7) is 0.310. The van der Waals surface area contributed by atoms with Gasteiger partial charge < -0.3 is 15.6 Å². The number of fused-ring (bicyclic) bond motifs is 1. The van der Waals surface area contributed by atoms with E-state index in [0.717, 1.165) is 11.1 Å². The molecule has 122 valence electrons. The Hall–Kier alpha value is -3.15. The third-order valence-corrected chi connectivity index (χ3v) is 3.75. The van der Waals surface area contributed by atoms with Crippen LogP contribution in [0.3, 0.4) is 0 Å². The van der Waals surface area contributed by atoms with Crippen LogP contribution in [0.1, 0.15) is 11.1 Å². The van der Waals surface area contributed by atoms with Gasteiger partial charge in [0.15, 0.2) is 0 Å². The fraction of sp³-hybridized carbons (Fsp3) is 0.111. The Bertz CT molecular complexity index is 899. The molecule has 0 fully saturated rings. The number of nitrogens with two attached hydrogens (primary N) is 1. The molecule has 3 aromatic rings. The second kappa shape index (κ2) is 6.54. The number of carbonyl (C=O) groups is 1. The molecular weight excluding hydrogens is 307 g/mol. The van der Waals surface area contributed by atoms with E-state index in [1.165, 1.54) is 17.0 Å². The summed E-state index contributed by atoms with van der Waals surface area (Å²) in [6.07, 6.45) is 6.44. The number of aromatic nitrogens is 2. The minimum absolute atomic E-state index is 0.183. The maximum atomic E-state index is 14.0. The van der Waals surface area contributed by atoms with Gasteiger partial charge in [-0.15, -0.1) is 0 Å². The average molecular weight is 324 g/mol. The monoisotopic (exact) mass is 324 g/mol. The molecule has 5 nitrogen and oxygen atoms in total. The van der Waals surface area contributed by atoms with Gasteiger partial charge in [-0.2, -0.15) is 0 Å². The number of benzene rings is 1. The number of nitrogen functional groups attached to an aromatic ring is 1. The fourth-order valence-electron chi connectivity index (χ4n) is 2.48. The van der Waals surface area contributed by atoms with Crippen molar-refractivity contribution in [3.8, 4) is 0 Å². The maximum absolute atomic E-state index is 14.0. The van der Waals surface area contributed by atoms with E-state index >= 15 is 0 Å². The van der Waals surface area contributed by atoms with Crippen molar-refractivity contribution in [1.82, 2.24) is 14.9 Å². The number of aromatic amines is 1. The molecule has 0 aliphatic heterocycles. The zero-order valence-corrected chi connectivity index (χ0v) is 13.2. The van der Waals surface area contributed by atoms with Crippen molar-refractivity contribution in [2.45, 2.75) is 6.54 Å². The van der Waals surface area contributed by atoms with Crippen LogP contribution in [-0.2, 0) is 11.3 Å².